The normalized spacial score (nSPS) is 21.6. The molecule has 4 nitrogen and oxygen atoms in total. The summed E-state index contributed by atoms with van der Waals surface area (Å²) in [5, 5.41) is 4.28. The first-order chi connectivity index (χ1) is 10.3. The molecule has 0 amide bonds. The second kappa shape index (κ2) is 6.74. The Morgan fingerprint density at radius 2 is 1.62 bits per heavy atom. The molecule has 1 heterocycles. The van der Waals surface area contributed by atoms with Crippen LogP contribution in [0, 0.1) is 0 Å². The van der Waals surface area contributed by atoms with E-state index in [0.717, 1.165) is 38.0 Å². The molecule has 1 aromatic carbocycles. The Hall–Kier alpha value is -1.84. The minimum absolute atomic E-state index is 0.193. The molecule has 1 saturated carbocycles. The molecule has 2 fully saturated rings. The third-order valence-electron chi connectivity index (χ3n) is 4.30. The smallest absolute Gasteiger partial charge is 0.178 e. The quantitative estimate of drug-likeness (QED) is 0.863. The fourth-order valence-corrected chi connectivity index (χ4v) is 3.01. The van der Waals surface area contributed by atoms with Gasteiger partial charge >= 0.3 is 0 Å². The van der Waals surface area contributed by atoms with Crippen LogP contribution in [-0.2, 0) is 4.79 Å². The van der Waals surface area contributed by atoms with Crippen LogP contribution in [0.5, 0.6) is 0 Å². The molecule has 112 valence electrons. The van der Waals surface area contributed by atoms with Crippen LogP contribution in [0.25, 0.3) is 0 Å². The molecule has 4 heteroatoms. The van der Waals surface area contributed by atoms with Crippen molar-refractivity contribution in [3.63, 3.8) is 0 Å². The van der Waals surface area contributed by atoms with Gasteiger partial charge in [0.15, 0.2) is 5.78 Å². The molecule has 0 atom stereocenters. The maximum absolute atomic E-state index is 11.7. The van der Waals surface area contributed by atoms with E-state index in [-0.39, 0.29) is 5.78 Å². The Labute approximate surface area is 126 Å². The van der Waals surface area contributed by atoms with Gasteiger partial charge in [0, 0.05) is 25.2 Å². The molecule has 0 spiro atoms. The minimum Gasteiger partial charge on any atom is -0.372 e. The van der Waals surface area contributed by atoms with Crippen molar-refractivity contribution < 1.29 is 4.79 Å². The minimum atomic E-state index is 0.193. The summed E-state index contributed by atoms with van der Waals surface area (Å²) in [7, 11) is 0. The van der Waals surface area contributed by atoms with Crippen molar-refractivity contribution in [3.05, 3.63) is 24.3 Å². The molecule has 1 N–H and O–H groups in total. The van der Waals surface area contributed by atoms with E-state index < -0.39 is 0 Å². The molecule has 0 aromatic heterocycles. The average Bonchev–Trinajstić information content (AvgIpc) is 2.55. The van der Waals surface area contributed by atoms with E-state index in [1.165, 1.54) is 24.9 Å². The molecular formula is C17H23N3O. The van der Waals surface area contributed by atoms with Gasteiger partial charge in [-0.15, -0.1) is 0 Å². The number of Topliss-reactive ketones (excluding diaryl/α,β-unsaturated/α-hetero) is 1. The number of hydrogen-bond acceptors (Lipinski definition) is 4. The van der Waals surface area contributed by atoms with E-state index in [4.69, 9.17) is 0 Å². The van der Waals surface area contributed by atoms with Gasteiger partial charge < -0.3 is 4.90 Å². The number of rotatable bonds is 3. The van der Waals surface area contributed by atoms with Gasteiger partial charge in [-0.1, -0.05) is 0 Å². The number of anilines is 2. The van der Waals surface area contributed by atoms with Gasteiger partial charge in [-0.2, -0.15) is 5.10 Å². The van der Waals surface area contributed by atoms with Gasteiger partial charge in [-0.3, -0.25) is 10.2 Å². The number of nitrogens with zero attached hydrogens (tertiary/aromatic N) is 2. The van der Waals surface area contributed by atoms with E-state index in [9.17, 15) is 4.79 Å². The highest BCUT2D eigenvalue weighted by molar-refractivity contribution is 6.40. The number of piperidine rings is 1. The molecule has 1 aliphatic carbocycles. The molecule has 21 heavy (non-hydrogen) atoms. The van der Waals surface area contributed by atoms with Crippen molar-refractivity contribution >= 4 is 22.9 Å². The zero-order valence-corrected chi connectivity index (χ0v) is 12.5. The zero-order valence-electron chi connectivity index (χ0n) is 12.5. The van der Waals surface area contributed by atoms with Crippen LogP contribution in [0.15, 0.2) is 29.4 Å². The lowest BCUT2D eigenvalue weighted by Crippen LogP contribution is -2.29. The Kier molecular flexibility index (Phi) is 4.53. The fraction of sp³-hybridized carbons (Fsp3) is 0.529. The topological polar surface area (TPSA) is 44.7 Å². The van der Waals surface area contributed by atoms with Crippen LogP contribution in [0.4, 0.5) is 11.4 Å². The molecule has 1 aromatic rings. The monoisotopic (exact) mass is 285 g/mol. The molecule has 0 radical (unpaired) electrons. The van der Waals surface area contributed by atoms with Crippen LogP contribution < -0.4 is 10.3 Å². The van der Waals surface area contributed by atoms with Crippen molar-refractivity contribution in [3.8, 4) is 0 Å². The van der Waals surface area contributed by atoms with Crippen LogP contribution in [0.3, 0.4) is 0 Å². The molecule has 0 bridgehead atoms. The van der Waals surface area contributed by atoms with Gasteiger partial charge in [0.25, 0.3) is 0 Å². The summed E-state index contributed by atoms with van der Waals surface area (Å²) in [6, 6.07) is 8.36. The summed E-state index contributed by atoms with van der Waals surface area (Å²) in [4.78, 5) is 14.1. The maximum atomic E-state index is 11.7. The van der Waals surface area contributed by atoms with E-state index in [0.29, 0.717) is 12.1 Å². The highest BCUT2D eigenvalue weighted by Gasteiger charge is 2.16. The number of carbonyl (C=O) groups is 1. The highest BCUT2D eigenvalue weighted by Crippen LogP contribution is 2.22. The first-order valence-electron chi connectivity index (χ1n) is 8.04. The van der Waals surface area contributed by atoms with Gasteiger partial charge in [0.1, 0.15) is 5.71 Å². The highest BCUT2D eigenvalue weighted by atomic mass is 16.1. The van der Waals surface area contributed by atoms with E-state index in [1.807, 2.05) is 12.1 Å². The summed E-state index contributed by atoms with van der Waals surface area (Å²) in [5.41, 5.74) is 5.94. The average molecular weight is 285 g/mol. The second-order valence-electron chi connectivity index (χ2n) is 5.90. The molecular weight excluding hydrogens is 262 g/mol. The van der Waals surface area contributed by atoms with E-state index >= 15 is 0 Å². The van der Waals surface area contributed by atoms with E-state index in [2.05, 4.69) is 27.6 Å². The van der Waals surface area contributed by atoms with Crippen molar-refractivity contribution in [1.29, 1.82) is 0 Å². The van der Waals surface area contributed by atoms with Gasteiger partial charge in [0.05, 0.1) is 5.69 Å². The lowest BCUT2D eigenvalue weighted by molar-refractivity contribution is -0.113. The van der Waals surface area contributed by atoms with Crippen molar-refractivity contribution in [2.24, 2.45) is 5.10 Å². The molecule has 1 aliphatic heterocycles. The Bertz CT molecular complexity index is 515. The third kappa shape index (κ3) is 3.63. The standard InChI is InChI=1S/C17H23N3O/c21-17-7-3-2-6-16(17)19-18-14-8-10-15(11-9-14)20-12-4-1-5-13-20/h8-11,18H,1-7,12-13H2/b19-16+. The summed E-state index contributed by atoms with van der Waals surface area (Å²) in [5.74, 6) is 0.193. The number of hydrogen-bond donors (Lipinski definition) is 1. The maximum Gasteiger partial charge on any atom is 0.178 e. The Balaban J connectivity index is 1.61. The SMILES string of the molecule is O=C1CCCC/C1=N\Nc1ccc(N2CCCCC2)cc1. The molecule has 1 saturated heterocycles. The summed E-state index contributed by atoms with van der Waals surface area (Å²) in [6.07, 6.45) is 7.45. The summed E-state index contributed by atoms with van der Waals surface area (Å²) in [6.45, 7) is 2.31. The predicted molar refractivity (Wildman–Crippen MR) is 87.0 cm³/mol. The Morgan fingerprint density at radius 3 is 2.33 bits per heavy atom. The number of benzene rings is 1. The predicted octanol–water partition coefficient (Wildman–Crippen LogP) is 3.59. The largest absolute Gasteiger partial charge is 0.372 e. The molecule has 3 rings (SSSR count). The van der Waals surface area contributed by atoms with Gasteiger partial charge in [0.2, 0.25) is 0 Å². The van der Waals surface area contributed by atoms with Crippen LogP contribution in [0.2, 0.25) is 0 Å². The van der Waals surface area contributed by atoms with Gasteiger partial charge in [-0.05, 0) is 62.8 Å². The van der Waals surface area contributed by atoms with Gasteiger partial charge in [-0.25, -0.2) is 0 Å². The number of hydrazone groups is 1. The van der Waals surface area contributed by atoms with Crippen LogP contribution >= 0.6 is 0 Å². The lowest BCUT2D eigenvalue weighted by Gasteiger charge is -2.28. The fourth-order valence-electron chi connectivity index (χ4n) is 3.01. The molecule has 0 unspecified atom stereocenters. The first kappa shape index (κ1) is 14.1. The number of ketones is 1. The number of nitrogens with one attached hydrogen (secondary N) is 1. The number of carbonyl (C=O) groups excluding carboxylic acids is 1. The second-order valence-corrected chi connectivity index (χ2v) is 5.90. The zero-order chi connectivity index (χ0) is 14.5. The summed E-state index contributed by atoms with van der Waals surface area (Å²) >= 11 is 0. The van der Waals surface area contributed by atoms with Crippen molar-refractivity contribution in [2.75, 3.05) is 23.4 Å². The summed E-state index contributed by atoms with van der Waals surface area (Å²) < 4.78 is 0. The first-order valence-corrected chi connectivity index (χ1v) is 8.04. The lowest BCUT2D eigenvalue weighted by atomic mass is 9.97. The Morgan fingerprint density at radius 1 is 0.905 bits per heavy atom. The van der Waals surface area contributed by atoms with Crippen LogP contribution in [-0.4, -0.2) is 24.6 Å². The van der Waals surface area contributed by atoms with E-state index in [1.54, 1.807) is 0 Å². The third-order valence-corrected chi connectivity index (χ3v) is 4.30. The molecule has 2 aliphatic rings. The van der Waals surface area contributed by atoms with Crippen LogP contribution in [0.1, 0.15) is 44.9 Å². The van der Waals surface area contributed by atoms with Crippen molar-refractivity contribution in [2.45, 2.75) is 44.9 Å². The van der Waals surface area contributed by atoms with Crippen molar-refractivity contribution in [1.82, 2.24) is 0 Å².